The molecule has 1 heterocycles. The van der Waals surface area contributed by atoms with Crippen LogP contribution in [0.25, 0.3) is 0 Å². The van der Waals surface area contributed by atoms with Gasteiger partial charge >= 0.3 is 5.97 Å². The lowest BCUT2D eigenvalue weighted by Crippen LogP contribution is -2.27. The summed E-state index contributed by atoms with van der Waals surface area (Å²) in [5, 5.41) is 3.47. The average molecular weight is 277 g/mol. The van der Waals surface area contributed by atoms with E-state index in [4.69, 9.17) is 4.74 Å². The van der Waals surface area contributed by atoms with Gasteiger partial charge < -0.3 is 14.8 Å². The third kappa shape index (κ3) is 3.81. The zero-order chi connectivity index (χ0) is 14.4. The van der Waals surface area contributed by atoms with Crippen LogP contribution >= 0.6 is 0 Å². The summed E-state index contributed by atoms with van der Waals surface area (Å²) >= 11 is 0. The maximum atomic E-state index is 11.3. The quantitative estimate of drug-likeness (QED) is 0.811. The predicted molar refractivity (Wildman–Crippen MR) is 77.6 cm³/mol. The van der Waals surface area contributed by atoms with Gasteiger partial charge in [0.1, 0.15) is 0 Å². The monoisotopic (exact) mass is 277 g/mol. The lowest BCUT2D eigenvalue weighted by atomic mass is 9.99. The maximum absolute atomic E-state index is 11.3. The standard InChI is InChI=1S/C16H23NO3/c1-3-15-14(8-9-20-15)11-17-10-12-4-6-13(7-5-12)16(18)19-2/h4-7,14-15,17H,3,8-11H2,1-2H3. The van der Waals surface area contributed by atoms with Crippen molar-refractivity contribution in [1.29, 1.82) is 0 Å². The van der Waals surface area contributed by atoms with Crippen molar-refractivity contribution >= 4 is 5.97 Å². The highest BCUT2D eigenvalue weighted by molar-refractivity contribution is 5.89. The molecule has 0 radical (unpaired) electrons. The van der Waals surface area contributed by atoms with Crippen molar-refractivity contribution in [3.63, 3.8) is 0 Å². The van der Waals surface area contributed by atoms with E-state index in [-0.39, 0.29) is 5.97 Å². The van der Waals surface area contributed by atoms with E-state index in [0.29, 0.717) is 17.6 Å². The highest BCUT2D eigenvalue weighted by atomic mass is 16.5. The van der Waals surface area contributed by atoms with E-state index in [1.807, 2.05) is 12.1 Å². The van der Waals surface area contributed by atoms with E-state index >= 15 is 0 Å². The van der Waals surface area contributed by atoms with Crippen LogP contribution in [0.5, 0.6) is 0 Å². The maximum Gasteiger partial charge on any atom is 0.337 e. The summed E-state index contributed by atoms with van der Waals surface area (Å²) in [6.07, 6.45) is 2.64. The number of hydrogen-bond acceptors (Lipinski definition) is 4. The largest absolute Gasteiger partial charge is 0.465 e. The molecular weight excluding hydrogens is 254 g/mol. The number of ether oxygens (including phenoxy) is 2. The smallest absolute Gasteiger partial charge is 0.337 e. The molecule has 20 heavy (non-hydrogen) atoms. The Morgan fingerprint density at radius 3 is 2.80 bits per heavy atom. The minimum Gasteiger partial charge on any atom is -0.465 e. The summed E-state index contributed by atoms with van der Waals surface area (Å²) in [6, 6.07) is 7.52. The Balaban J connectivity index is 1.78. The zero-order valence-electron chi connectivity index (χ0n) is 12.2. The van der Waals surface area contributed by atoms with Crippen molar-refractivity contribution < 1.29 is 14.3 Å². The molecule has 1 fully saturated rings. The second kappa shape index (κ2) is 7.41. The lowest BCUT2D eigenvalue weighted by molar-refractivity contribution is 0.0600. The van der Waals surface area contributed by atoms with E-state index in [0.717, 1.165) is 32.5 Å². The normalized spacial score (nSPS) is 21.9. The Bertz CT molecular complexity index is 430. The van der Waals surface area contributed by atoms with E-state index in [1.54, 1.807) is 12.1 Å². The number of benzene rings is 1. The molecule has 0 aliphatic carbocycles. The molecule has 110 valence electrons. The van der Waals surface area contributed by atoms with Gasteiger partial charge in [-0.3, -0.25) is 0 Å². The summed E-state index contributed by atoms with van der Waals surface area (Å²) in [7, 11) is 1.39. The highest BCUT2D eigenvalue weighted by Gasteiger charge is 2.25. The van der Waals surface area contributed by atoms with Crippen LogP contribution in [0.4, 0.5) is 0 Å². The SMILES string of the molecule is CCC1OCCC1CNCc1ccc(C(=O)OC)cc1. The molecule has 1 aliphatic rings. The van der Waals surface area contributed by atoms with Crippen molar-refractivity contribution in [2.75, 3.05) is 20.3 Å². The van der Waals surface area contributed by atoms with Gasteiger partial charge in [-0.1, -0.05) is 19.1 Å². The molecule has 4 heteroatoms. The first kappa shape index (κ1) is 15.0. The third-order valence-electron chi connectivity index (χ3n) is 3.86. The topological polar surface area (TPSA) is 47.6 Å². The molecule has 1 saturated heterocycles. The first-order valence-corrected chi connectivity index (χ1v) is 7.24. The summed E-state index contributed by atoms with van der Waals surface area (Å²) in [5.74, 6) is 0.327. The summed E-state index contributed by atoms with van der Waals surface area (Å²) in [4.78, 5) is 11.3. The first-order chi connectivity index (χ1) is 9.74. The van der Waals surface area contributed by atoms with Gasteiger partial charge in [-0.25, -0.2) is 4.79 Å². The molecule has 0 spiro atoms. The average Bonchev–Trinajstić information content (AvgIpc) is 2.94. The van der Waals surface area contributed by atoms with Crippen LogP contribution in [0, 0.1) is 5.92 Å². The van der Waals surface area contributed by atoms with Crippen LogP contribution in [0.1, 0.15) is 35.7 Å². The second-order valence-corrected chi connectivity index (χ2v) is 5.19. The van der Waals surface area contributed by atoms with Crippen molar-refractivity contribution in [3.8, 4) is 0 Å². The molecule has 1 N–H and O–H groups in total. The fourth-order valence-electron chi connectivity index (χ4n) is 2.66. The summed E-state index contributed by atoms with van der Waals surface area (Å²) in [6.45, 7) is 4.86. The van der Waals surface area contributed by atoms with Gasteiger partial charge in [0.25, 0.3) is 0 Å². The Morgan fingerprint density at radius 2 is 2.15 bits per heavy atom. The van der Waals surface area contributed by atoms with Crippen molar-refractivity contribution in [3.05, 3.63) is 35.4 Å². The number of carbonyl (C=O) groups is 1. The van der Waals surface area contributed by atoms with E-state index in [9.17, 15) is 4.79 Å². The number of esters is 1. The Hall–Kier alpha value is -1.39. The van der Waals surface area contributed by atoms with Gasteiger partial charge in [-0.05, 0) is 36.5 Å². The fourth-order valence-corrected chi connectivity index (χ4v) is 2.66. The van der Waals surface area contributed by atoms with Gasteiger partial charge in [0.05, 0.1) is 18.8 Å². The van der Waals surface area contributed by atoms with Gasteiger partial charge in [0, 0.05) is 19.7 Å². The molecular formula is C16H23NO3. The molecule has 2 atom stereocenters. The van der Waals surface area contributed by atoms with Crippen LogP contribution in [0.3, 0.4) is 0 Å². The number of rotatable bonds is 6. The van der Waals surface area contributed by atoms with Crippen LogP contribution in [0.2, 0.25) is 0 Å². The van der Waals surface area contributed by atoms with E-state index in [2.05, 4.69) is 17.0 Å². The molecule has 4 nitrogen and oxygen atoms in total. The number of hydrogen-bond donors (Lipinski definition) is 1. The van der Waals surface area contributed by atoms with Crippen LogP contribution in [-0.4, -0.2) is 32.3 Å². The Labute approximate surface area is 120 Å². The highest BCUT2D eigenvalue weighted by Crippen LogP contribution is 2.22. The van der Waals surface area contributed by atoms with Gasteiger partial charge in [-0.15, -0.1) is 0 Å². The molecule has 2 rings (SSSR count). The predicted octanol–water partition coefficient (Wildman–Crippen LogP) is 2.38. The molecule has 0 amide bonds. The number of carbonyl (C=O) groups excluding carboxylic acids is 1. The number of nitrogens with one attached hydrogen (secondary N) is 1. The molecule has 1 aromatic rings. The lowest BCUT2D eigenvalue weighted by Gasteiger charge is -2.17. The van der Waals surface area contributed by atoms with Gasteiger partial charge in [0.2, 0.25) is 0 Å². The molecule has 0 saturated carbocycles. The van der Waals surface area contributed by atoms with Crippen LogP contribution in [0.15, 0.2) is 24.3 Å². The zero-order valence-corrected chi connectivity index (χ0v) is 12.2. The summed E-state index contributed by atoms with van der Waals surface area (Å²) < 4.78 is 10.4. The van der Waals surface area contributed by atoms with Crippen molar-refractivity contribution in [1.82, 2.24) is 5.32 Å². The van der Waals surface area contributed by atoms with Crippen molar-refractivity contribution in [2.24, 2.45) is 5.92 Å². The molecule has 1 aromatic carbocycles. The Morgan fingerprint density at radius 1 is 1.40 bits per heavy atom. The first-order valence-electron chi connectivity index (χ1n) is 7.24. The van der Waals surface area contributed by atoms with Gasteiger partial charge in [0.15, 0.2) is 0 Å². The van der Waals surface area contributed by atoms with Gasteiger partial charge in [-0.2, -0.15) is 0 Å². The molecule has 1 aliphatic heterocycles. The molecule has 0 bridgehead atoms. The second-order valence-electron chi connectivity index (χ2n) is 5.19. The van der Waals surface area contributed by atoms with Crippen LogP contribution in [-0.2, 0) is 16.0 Å². The van der Waals surface area contributed by atoms with E-state index in [1.165, 1.54) is 12.7 Å². The fraction of sp³-hybridized carbons (Fsp3) is 0.562. The minimum atomic E-state index is -0.293. The number of methoxy groups -OCH3 is 1. The minimum absolute atomic E-state index is 0.293. The molecule has 0 aromatic heterocycles. The summed E-state index contributed by atoms with van der Waals surface area (Å²) in [5.41, 5.74) is 1.76. The van der Waals surface area contributed by atoms with Crippen molar-refractivity contribution in [2.45, 2.75) is 32.4 Å². The molecule has 2 unspecified atom stereocenters. The third-order valence-corrected chi connectivity index (χ3v) is 3.86. The van der Waals surface area contributed by atoms with E-state index < -0.39 is 0 Å². The van der Waals surface area contributed by atoms with Crippen LogP contribution < -0.4 is 5.32 Å². The Kier molecular flexibility index (Phi) is 5.56.